The Labute approximate surface area is 119 Å². The number of ether oxygens (including phenoxy) is 2. The molecule has 0 aliphatic carbocycles. The molecule has 116 valence electrons. The van der Waals surface area contributed by atoms with Crippen LogP contribution >= 0.6 is 0 Å². The van der Waals surface area contributed by atoms with Crippen molar-refractivity contribution >= 4 is 11.4 Å². The predicted octanol–water partition coefficient (Wildman–Crippen LogP) is -0.546. The number of benzene rings is 1. The molecule has 1 saturated heterocycles. The van der Waals surface area contributed by atoms with Crippen molar-refractivity contribution < 1.29 is 29.7 Å². The largest absolute Gasteiger partial charge is 0.496 e. The van der Waals surface area contributed by atoms with Gasteiger partial charge in [0.05, 0.1) is 24.7 Å². The van der Waals surface area contributed by atoms with Crippen LogP contribution in [0.3, 0.4) is 0 Å². The molecule has 0 spiro atoms. The van der Waals surface area contributed by atoms with Crippen LogP contribution in [0, 0.1) is 10.1 Å². The van der Waals surface area contributed by atoms with E-state index in [1.807, 2.05) is 0 Å². The second-order valence-corrected chi connectivity index (χ2v) is 4.54. The summed E-state index contributed by atoms with van der Waals surface area (Å²) < 4.78 is 10.1. The Bertz CT molecular complexity index is 524. The van der Waals surface area contributed by atoms with E-state index < -0.39 is 36.1 Å². The van der Waals surface area contributed by atoms with E-state index in [2.05, 4.69) is 5.32 Å². The van der Waals surface area contributed by atoms with Gasteiger partial charge in [-0.25, -0.2) is 0 Å². The van der Waals surface area contributed by atoms with Gasteiger partial charge in [0, 0.05) is 0 Å². The minimum Gasteiger partial charge on any atom is -0.496 e. The van der Waals surface area contributed by atoms with Crippen LogP contribution in [0.2, 0.25) is 0 Å². The molecule has 0 unspecified atom stereocenters. The average molecular weight is 300 g/mol. The van der Waals surface area contributed by atoms with E-state index in [4.69, 9.17) is 14.6 Å². The minimum atomic E-state index is -1.32. The SMILES string of the molecule is COc1ccc(N[C@@H]2O[C@@H](CO)[C@H](O)[C@H]2O)c([N+](=O)[O-])c1. The smallest absolute Gasteiger partial charge is 0.296 e. The van der Waals surface area contributed by atoms with E-state index in [9.17, 15) is 20.3 Å². The van der Waals surface area contributed by atoms with E-state index in [1.165, 1.54) is 25.3 Å². The summed E-state index contributed by atoms with van der Waals surface area (Å²) >= 11 is 0. The topological polar surface area (TPSA) is 134 Å². The molecular formula is C12H16N2O7. The van der Waals surface area contributed by atoms with Gasteiger partial charge in [0.2, 0.25) is 0 Å². The van der Waals surface area contributed by atoms with Gasteiger partial charge in [-0.1, -0.05) is 0 Å². The van der Waals surface area contributed by atoms with Gasteiger partial charge in [-0.2, -0.15) is 0 Å². The Balaban J connectivity index is 2.22. The Kier molecular flexibility index (Phi) is 4.58. The van der Waals surface area contributed by atoms with Crippen LogP contribution in [0.15, 0.2) is 18.2 Å². The fourth-order valence-corrected chi connectivity index (χ4v) is 2.08. The Morgan fingerprint density at radius 2 is 2.14 bits per heavy atom. The number of nitro groups is 1. The lowest BCUT2D eigenvalue weighted by Crippen LogP contribution is -2.36. The van der Waals surface area contributed by atoms with Gasteiger partial charge in [0.1, 0.15) is 29.7 Å². The Morgan fingerprint density at radius 1 is 1.43 bits per heavy atom. The number of hydrogen-bond donors (Lipinski definition) is 4. The number of anilines is 1. The predicted molar refractivity (Wildman–Crippen MR) is 71.0 cm³/mol. The highest BCUT2D eigenvalue weighted by molar-refractivity contribution is 5.64. The molecule has 4 N–H and O–H groups in total. The third-order valence-corrected chi connectivity index (χ3v) is 3.24. The van der Waals surface area contributed by atoms with Crippen molar-refractivity contribution in [1.82, 2.24) is 0 Å². The lowest BCUT2D eigenvalue weighted by Gasteiger charge is -2.17. The first-order valence-corrected chi connectivity index (χ1v) is 6.19. The van der Waals surface area contributed by atoms with Crippen LogP contribution < -0.4 is 10.1 Å². The molecule has 9 heteroatoms. The van der Waals surface area contributed by atoms with Crippen molar-refractivity contribution in [3.63, 3.8) is 0 Å². The highest BCUT2D eigenvalue weighted by Gasteiger charge is 2.42. The zero-order valence-corrected chi connectivity index (χ0v) is 11.2. The number of methoxy groups -OCH3 is 1. The van der Waals surface area contributed by atoms with E-state index in [1.54, 1.807) is 0 Å². The first-order chi connectivity index (χ1) is 9.97. The summed E-state index contributed by atoms with van der Waals surface area (Å²) in [6, 6.07) is 4.14. The fourth-order valence-electron chi connectivity index (χ4n) is 2.08. The first-order valence-electron chi connectivity index (χ1n) is 6.19. The standard InChI is InChI=1S/C12H16N2O7/c1-20-6-2-3-7(8(4-6)14(18)19)13-12-11(17)10(16)9(5-15)21-12/h2-4,9-13,15-17H,5H2,1H3/t9-,10-,11+,12+/m0/s1. The molecule has 9 nitrogen and oxygen atoms in total. The van der Waals surface area contributed by atoms with Crippen LogP contribution in [0.1, 0.15) is 0 Å². The van der Waals surface area contributed by atoms with E-state index in [-0.39, 0.29) is 11.4 Å². The molecule has 1 aromatic rings. The maximum Gasteiger partial charge on any atom is 0.296 e. The maximum absolute atomic E-state index is 11.0. The maximum atomic E-state index is 11.0. The highest BCUT2D eigenvalue weighted by atomic mass is 16.6. The van der Waals surface area contributed by atoms with Gasteiger partial charge in [-0.05, 0) is 12.1 Å². The van der Waals surface area contributed by atoms with Gasteiger partial charge in [0.25, 0.3) is 5.69 Å². The fraction of sp³-hybridized carbons (Fsp3) is 0.500. The van der Waals surface area contributed by atoms with Crippen molar-refractivity contribution in [2.45, 2.75) is 24.5 Å². The molecule has 1 aliphatic rings. The summed E-state index contributed by atoms with van der Waals surface area (Å²) in [5.41, 5.74) is -0.150. The molecule has 0 aromatic heterocycles. The highest BCUT2D eigenvalue weighted by Crippen LogP contribution is 2.31. The zero-order chi connectivity index (χ0) is 15.6. The van der Waals surface area contributed by atoms with Gasteiger partial charge in [-0.3, -0.25) is 10.1 Å². The summed E-state index contributed by atoms with van der Waals surface area (Å²) in [5.74, 6) is 0.313. The zero-order valence-electron chi connectivity index (χ0n) is 11.2. The Hall–Kier alpha value is -1.94. The molecule has 0 saturated carbocycles. The molecular weight excluding hydrogens is 284 g/mol. The Morgan fingerprint density at radius 3 is 2.67 bits per heavy atom. The van der Waals surface area contributed by atoms with Gasteiger partial charge in [-0.15, -0.1) is 0 Å². The molecule has 2 rings (SSSR count). The van der Waals surface area contributed by atoms with Gasteiger partial charge in [0.15, 0.2) is 6.23 Å². The summed E-state index contributed by atoms with van der Waals surface area (Å²) in [6.45, 7) is -0.471. The number of aliphatic hydroxyl groups is 3. The molecule has 1 fully saturated rings. The number of rotatable bonds is 5. The van der Waals surface area contributed by atoms with Gasteiger partial charge < -0.3 is 30.1 Å². The quantitative estimate of drug-likeness (QED) is 0.420. The average Bonchev–Trinajstić information content (AvgIpc) is 2.75. The lowest BCUT2D eigenvalue weighted by molar-refractivity contribution is -0.384. The van der Waals surface area contributed by atoms with Crippen molar-refractivity contribution in [3.05, 3.63) is 28.3 Å². The van der Waals surface area contributed by atoms with Crippen molar-refractivity contribution in [1.29, 1.82) is 0 Å². The van der Waals surface area contributed by atoms with E-state index >= 15 is 0 Å². The van der Waals surface area contributed by atoms with E-state index in [0.717, 1.165) is 0 Å². The monoisotopic (exact) mass is 300 g/mol. The number of hydrogen-bond acceptors (Lipinski definition) is 8. The number of nitrogens with one attached hydrogen (secondary N) is 1. The summed E-state index contributed by atoms with van der Waals surface area (Å²) in [4.78, 5) is 10.4. The third kappa shape index (κ3) is 3.05. The molecule has 1 heterocycles. The second-order valence-electron chi connectivity index (χ2n) is 4.54. The van der Waals surface area contributed by atoms with Crippen LogP contribution in [-0.4, -0.2) is 58.5 Å². The summed E-state index contributed by atoms with van der Waals surface area (Å²) in [7, 11) is 1.39. The normalized spacial score (nSPS) is 28.4. The molecule has 0 amide bonds. The molecule has 0 radical (unpaired) electrons. The van der Waals surface area contributed by atoms with Crippen molar-refractivity contribution in [3.8, 4) is 5.75 Å². The number of aliphatic hydroxyl groups excluding tert-OH is 3. The van der Waals surface area contributed by atoms with Gasteiger partial charge >= 0.3 is 0 Å². The molecule has 1 aromatic carbocycles. The van der Waals surface area contributed by atoms with Crippen LogP contribution in [-0.2, 0) is 4.74 Å². The van der Waals surface area contributed by atoms with Crippen LogP contribution in [0.5, 0.6) is 5.75 Å². The molecule has 21 heavy (non-hydrogen) atoms. The summed E-state index contributed by atoms with van der Waals surface area (Å²) in [5, 5.41) is 42.1. The molecule has 4 atom stereocenters. The molecule has 0 bridgehead atoms. The summed E-state index contributed by atoms with van der Waals surface area (Å²) in [6.07, 6.45) is -4.60. The number of nitrogens with zero attached hydrogens (tertiary/aromatic N) is 1. The third-order valence-electron chi connectivity index (χ3n) is 3.24. The molecule has 1 aliphatic heterocycles. The number of nitro benzene ring substituents is 1. The van der Waals surface area contributed by atoms with Crippen molar-refractivity contribution in [2.75, 3.05) is 19.0 Å². The van der Waals surface area contributed by atoms with Crippen LogP contribution in [0.25, 0.3) is 0 Å². The minimum absolute atomic E-state index is 0.107. The second kappa shape index (κ2) is 6.22. The van der Waals surface area contributed by atoms with Crippen molar-refractivity contribution in [2.24, 2.45) is 0 Å². The first kappa shape index (κ1) is 15.4. The lowest BCUT2D eigenvalue weighted by atomic mass is 10.1. The van der Waals surface area contributed by atoms with E-state index in [0.29, 0.717) is 5.75 Å². The van der Waals surface area contributed by atoms with Crippen LogP contribution in [0.4, 0.5) is 11.4 Å².